The Bertz CT molecular complexity index is 650. The summed E-state index contributed by atoms with van der Waals surface area (Å²) in [4.78, 5) is 23.8. The van der Waals surface area contributed by atoms with Crippen LogP contribution in [0.4, 0.5) is 0 Å². The zero-order chi connectivity index (χ0) is 16.7. The number of aryl methyl sites for hydroxylation is 1. The van der Waals surface area contributed by atoms with Crippen LogP contribution in [0.3, 0.4) is 0 Å². The quantitative estimate of drug-likeness (QED) is 0.835. The number of hydrogen-bond acceptors (Lipinski definition) is 3. The van der Waals surface area contributed by atoms with Crippen LogP contribution in [0.25, 0.3) is 0 Å². The highest BCUT2D eigenvalue weighted by atomic mass is 16.5. The summed E-state index contributed by atoms with van der Waals surface area (Å²) in [5, 5.41) is 2.76. The van der Waals surface area contributed by atoms with Gasteiger partial charge in [0.2, 0.25) is 0 Å². The molecule has 0 unspecified atom stereocenters. The van der Waals surface area contributed by atoms with Crippen LogP contribution in [0, 0.1) is 6.92 Å². The number of carbonyl (C=O) groups excluding carboxylic acids is 2. The molecule has 0 aliphatic heterocycles. The second-order valence-electron chi connectivity index (χ2n) is 5.50. The Morgan fingerprint density at radius 2 is 1.65 bits per heavy atom. The number of amides is 1. The van der Waals surface area contributed by atoms with Gasteiger partial charge in [-0.25, -0.2) is 0 Å². The lowest BCUT2D eigenvalue weighted by Crippen LogP contribution is -2.35. The van der Waals surface area contributed by atoms with Gasteiger partial charge in [-0.1, -0.05) is 60.2 Å². The third kappa shape index (κ3) is 5.58. The maximum Gasteiger partial charge on any atom is 0.311 e. The molecule has 1 N–H and O–H groups in total. The van der Waals surface area contributed by atoms with Crippen molar-refractivity contribution < 1.29 is 14.3 Å². The molecule has 23 heavy (non-hydrogen) atoms. The third-order valence-corrected chi connectivity index (χ3v) is 3.46. The Kier molecular flexibility index (Phi) is 5.92. The van der Waals surface area contributed by atoms with E-state index in [0.29, 0.717) is 6.54 Å². The number of ether oxygens (including phenoxy) is 1. The van der Waals surface area contributed by atoms with Gasteiger partial charge in [0.05, 0.1) is 6.42 Å². The highest BCUT2D eigenvalue weighted by Crippen LogP contribution is 2.06. The van der Waals surface area contributed by atoms with E-state index in [0.717, 1.165) is 16.7 Å². The first kappa shape index (κ1) is 16.7. The minimum absolute atomic E-state index is 0.163. The summed E-state index contributed by atoms with van der Waals surface area (Å²) < 4.78 is 5.18. The fourth-order valence-electron chi connectivity index (χ4n) is 2.09. The maximum atomic E-state index is 12.0. The molecule has 0 saturated heterocycles. The van der Waals surface area contributed by atoms with Crippen LogP contribution in [-0.2, 0) is 27.3 Å². The molecule has 2 rings (SSSR count). The molecule has 0 saturated carbocycles. The fourth-order valence-corrected chi connectivity index (χ4v) is 2.09. The van der Waals surface area contributed by atoms with E-state index < -0.39 is 12.1 Å². The van der Waals surface area contributed by atoms with E-state index in [1.54, 1.807) is 6.92 Å². The van der Waals surface area contributed by atoms with E-state index in [2.05, 4.69) is 5.32 Å². The third-order valence-electron chi connectivity index (χ3n) is 3.46. The van der Waals surface area contributed by atoms with Gasteiger partial charge in [-0.2, -0.15) is 0 Å². The summed E-state index contributed by atoms with van der Waals surface area (Å²) in [6.45, 7) is 3.98. The van der Waals surface area contributed by atoms with Crippen molar-refractivity contribution in [1.29, 1.82) is 0 Å². The van der Waals surface area contributed by atoms with Crippen molar-refractivity contribution in [2.45, 2.75) is 32.9 Å². The summed E-state index contributed by atoms with van der Waals surface area (Å²) in [5.74, 6) is -0.706. The second kappa shape index (κ2) is 8.13. The Morgan fingerprint density at radius 3 is 2.30 bits per heavy atom. The number of esters is 1. The standard InChI is InChI=1S/C19H21NO3/c1-14-8-10-16(11-9-14)12-18(21)23-15(2)19(22)20-13-17-6-4-3-5-7-17/h3-11,15H,12-13H2,1-2H3,(H,20,22)/t15-/m1/s1. The largest absolute Gasteiger partial charge is 0.452 e. The molecule has 1 atom stereocenters. The summed E-state index contributed by atoms with van der Waals surface area (Å²) in [6.07, 6.45) is -0.645. The number of rotatable bonds is 6. The van der Waals surface area contributed by atoms with Crippen LogP contribution >= 0.6 is 0 Å². The van der Waals surface area contributed by atoms with Crippen LogP contribution in [-0.4, -0.2) is 18.0 Å². The first-order chi connectivity index (χ1) is 11.0. The molecule has 4 heteroatoms. The van der Waals surface area contributed by atoms with Gasteiger partial charge in [0.25, 0.3) is 5.91 Å². The number of benzene rings is 2. The smallest absolute Gasteiger partial charge is 0.311 e. The van der Waals surface area contributed by atoms with Gasteiger partial charge in [-0.05, 0) is 25.0 Å². The number of hydrogen-bond donors (Lipinski definition) is 1. The molecule has 0 aliphatic rings. The first-order valence-corrected chi connectivity index (χ1v) is 7.61. The zero-order valence-electron chi connectivity index (χ0n) is 13.4. The van der Waals surface area contributed by atoms with Crippen LogP contribution in [0.5, 0.6) is 0 Å². The normalized spacial score (nSPS) is 11.6. The van der Waals surface area contributed by atoms with Crippen molar-refractivity contribution in [2.24, 2.45) is 0 Å². The van der Waals surface area contributed by atoms with E-state index in [1.165, 1.54) is 0 Å². The lowest BCUT2D eigenvalue weighted by atomic mass is 10.1. The van der Waals surface area contributed by atoms with Crippen molar-refractivity contribution in [3.05, 3.63) is 71.3 Å². The molecule has 0 heterocycles. The van der Waals surface area contributed by atoms with Crippen molar-refractivity contribution in [1.82, 2.24) is 5.32 Å². The maximum absolute atomic E-state index is 12.0. The van der Waals surface area contributed by atoms with Crippen LogP contribution in [0.15, 0.2) is 54.6 Å². The van der Waals surface area contributed by atoms with Crippen LogP contribution < -0.4 is 5.32 Å². The lowest BCUT2D eigenvalue weighted by molar-refractivity contribution is -0.154. The topological polar surface area (TPSA) is 55.4 Å². The minimum Gasteiger partial charge on any atom is -0.452 e. The summed E-state index contributed by atoms with van der Waals surface area (Å²) in [5.41, 5.74) is 3.01. The van der Waals surface area contributed by atoms with Gasteiger partial charge in [-0.15, -0.1) is 0 Å². The first-order valence-electron chi connectivity index (χ1n) is 7.61. The highest BCUT2D eigenvalue weighted by Gasteiger charge is 2.17. The highest BCUT2D eigenvalue weighted by molar-refractivity contribution is 5.83. The van der Waals surface area contributed by atoms with Crippen LogP contribution in [0.2, 0.25) is 0 Å². The molecule has 120 valence electrons. The Balaban J connectivity index is 1.78. The summed E-state index contributed by atoms with van der Waals surface area (Å²) in [7, 11) is 0. The predicted molar refractivity (Wildman–Crippen MR) is 88.7 cm³/mol. The van der Waals surface area contributed by atoms with Crippen molar-refractivity contribution in [3.63, 3.8) is 0 Å². The Morgan fingerprint density at radius 1 is 1.00 bits per heavy atom. The zero-order valence-corrected chi connectivity index (χ0v) is 13.4. The molecule has 0 aliphatic carbocycles. The molecule has 0 bridgehead atoms. The predicted octanol–water partition coefficient (Wildman–Crippen LogP) is 2.79. The molecule has 0 radical (unpaired) electrons. The SMILES string of the molecule is Cc1ccc(CC(=O)O[C@H](C)C(=O)NCc2ccccc2)cc1. The van der Waals surface area contributed by atoms with E-state index >= 15 is 0 Å². The molecule has 0 fully saturated rings. The molecule has 4 nitrogen and oxygen atoms in total. The molecular weight excluding hydrogens is 290 g/mol. The minimum atomic E-state index is -0.809. The van der Waals surface area contributed by atoms with Gasteiger partial charge in [0.1, 0.15) is 0 Å². The monoisotopic (exact) mass is 311 g/mol. The van der Waals surface area contributed by atoms with E-state index in [9.17, 15) is 9.59 Å². The van der Waals surface area contributed by atoms with Crippen molar-refractivity contribution in [3.8, 4) is 0 Å². The molecular formula is C19H21NO3. The van der Waals surface area contributed by atoms with E-state index in [4.69, 9.17) is 4.74 Å². The van der Waals surface area contributed by atoms with Crippen LogP contribution in [0.1, 0.15) is 23.6 Å². The fraction of sp³-hybridized carbons (Fsp3) is 0.263. The average molecular weight is 311 g/mol. The molecule has 0 spiro atoms. The summed E-state index contributed by atoms with van der Waals surface area (Å²) in [6, 6.07) is 17.2. The lowest BCUT2D eigenvalue weighted by Gasteiger charge is -2.13. The van der Waals surface area contributed by atoms with E-state index in [-0.39, 0.29) is 12.3 Å². The van der Waals surface area contributed by atoms with Gasteiger partial charge in [0.15, 0.2) is 6.10 Å². The molecule has 2 aromatic rings. The van der Waals surface area contributed by atoms with Gasteiger partial charge in [-0.3, -0.25) is 9.59 Å². The molecule has 1 amide bonds. The number of nitrogens with one attached hydrogen (secondary N) is 1. The van der Waals surface area contributed by atoms with Gasteiger partial charge in [0, 0.05) is 6.54 Å². The second-order valence-corrected chi connectivity index (χ2v) is 5.50. The number of carbonyl (C=O) groups is 2. The van der Waals surface area contributed by atoms with Crippen molar-refractivity contribution in [2.75, 3.05) is 0 Å². The Hall–Kier alpha value is -2.62. The van der Waals surface area contributed by atoms with E-state index in [1.807, 2.05) is 61.5 Å². The Labute approximate surface area is 136 Å². The average Bonchev–Trinajstić information content (AvgIpc) is 2.55. The van der Waals surface area contributed by atoms with Gasteiger partial charge >= 0.3 is 5.97 Å². The summed E-state index contributed by atoms with van der Waals surface area (Å²) >= 11 is 0. The van der Waals surface area contributed by atoms with Crippen molar-refractivity contribution >= 4 is 11.9 Å². The molecule has 2 aromatic carbocycles. The van der Waals surface area contributed by atoms with Gasteiger partial charge < -0.3 is 10.1 Å². The molecule has 0 aromatic heterocycles.